The van der Waals surface area contributed by atoms with Crippen molar-refractivity contribution in [3.63, 3.8) is 0 Å². The summed E-state index contributed by atoms with van der Waals surface area (Å²) in [5, 5.41) is 7.43. The summed E-state index contributed by atoms with van der Waals surface area (Å²) in [7, 11) is 0. The van der Waals surface area contributed by atoms with Crippen LogP contribution in [0.4, 0.5) is 0 Å². The molecular weight excluding hydrogens is 274 g/mol. The van der Waals surface area contributed by atoms with Gasteiger partial charge in [0.25, 0.3) is 0 Å². The third kappa shape index (κ3) is 2.55. The van der Waals surface area contributed by atoms with Gasteiger partial charge in [-0.15, -0.1) is 0 Å². The van der Waals surface area contributed by atoms with E-state index in [1.54, 1.807) is 6.20 Å². The van der Waals surface area contributed by atoms with Crippen LogP contribution in [0.3, 0.4) is 0 Å². The molecule has 4 heteroatoms. The van der Waals surface area contributed by atoms with E-state index in [9.17, 15) is 4.79 Å². The zero-order valence-electron chi connectivity index (χ0n) is 12.6. The first-order chi connectivity index (χ1) is 10.7. The number of Topliss-reactive ketones (excluding diaryl/α,β-unsaturated/α-hetero) is 1. The molecule has 0 aliphatic heterocycles. The van der Waals surface area contributed by atoms with E-state index in [1.165, 1.54) is 0 Å². The number of ketones is 1. The molecule has 3 rings (SSSR count). The van der Waals surface area contributed by atoms with Crippen molar-refractivity contribution < 1.29 is 4.79 Å². The first-order valence-electron chi connectivity index (χ1n) is 7.30. The van der Waals surface area contributed by atoms with E-state index < -0.39 is 0 Å². The first-order valence-corrected chi connectivity index (χ1v) is 7.30. The van der Waals surface area contributed by atoms with Gasteiger partial charge in [-0.2, -0.15) is 5.10 Å². The molecule has 0 aliphatic carbocycles. The van der Waals surface area contributed by atoms with Crippen LogP contribution in [0.5, 0.6) is 0 Å². The summed E-state index contributed by atoms with van der Waals surface area (Å²) in [4.78, 5) is 16.1. The molecule has 1 aromatic carbocycles. The smallest absolute Gasteiger partial charge is 0.180 e. The van der Waals surface area contributed by atoms with Crippen LogP contribution in [-0.2, 0) is 0 Å². The number of aryl methyl sites for hydroxylation is 1. The number of carbonyl (C=O) groups is 1. The molecule has 0 fully saturated rings. The zero-order valence-corrected chi connectivity index (χ0v) is 12.6. The van der Waals surface area contributed by atoms with Gasteiger partial charge in [-0.25, -0.2) is 0 Å². The third-order valence-electron chi connectivity index (χ3n) is 3.67. The van der Waals surface area contributed by atoms with E-state index in [-0.39, 0.29) is 5.78 Å². The molecule has 0 atom stereocenters. The summed E-state index contributed by atoms with van der Waals surface area (Å²) in [6, 6.07) is 13.8. The predicted octanol–water partition coefficient (Wildman–Crippen LogP) is 4.04. The number of rotatable bonds is 4. The van der Waals surface area contributed by atoms with Gasteiger partial charge < -0.3 is 0 Å². The van der Waals surface area contributed by atoms with Crippen LogP contribution in [0.2, 0.25) is 0 Å². The number of hydrogen-bond donors (Lipinski definition) is 1. The quantitative estimate of drug-likeness (QED) is 0.738. The fraction of sp³-hybridized carbons (Fsp3) is 0.167. The van der Waals surface area contributed by atoms with E-state index in [2.05, 4.69) is 15.2 Å². The molecule has 1 N–H and O–H groups in total. The average Bonchev–Trinajstić information content (AvgIpc) is 2.96. The van der Waals surface area contributed by atoms with Crippen molar-refractivity contribution in [2.75, 3.05) is 0 Å². The molecule has 110 valence electrons. The summed E-state index contributed by atoms with van der Waals surface area (Å²) in [5.74, 6) is 0.0456. The van der Waals surface area contributed by atoms with Gasteiger partial charge in [-0.3, -0.25) is 14.9 Å². The van der Waals surface area contributed by atoms with Crippen LogP contribution in [0.25, 0.3) is 22.4 Å². The summed E-state index contributed by atoms with van der Waals surface area (Å²) < 4.78 is 0. The second-order valence-corrected chi connectivity index (χ2v) is 5.13. The van der Waals surface area contributed by atoms with Crippen LogP contribution in [0.1, 0.15) is 29.5 Å². The van der Waals surface area contributed by atoms with Gasteiger partial charge in [-0.1, -0.05) is 37.3 Å². The second kappa shape index (κ2) is 5.93. The van der Waals surface area contributed by atoms with Gasteiger partial charge in [0.1, 0.15) is 5.69 Å². The Morgan fingerprint density at radius 1 is 1.14 bits per heavy atom. The highest BCUT2D eigenvalue weighted by Crippen LogP contribution is 2.32. The Morgan fingerprint density at radius 2 is 1.91 bits per heavy atom. The third-order valence-corrected chi connectivity index (χ3v) is 3.67. The summed E-state index contributed by atoms with van der Waals surface area (Å²) in [6.07, 6.45) is 2.13. The van der Waals surface area contributed by atoms with E-state index in [4.69, 9.17) is 0 Å². The van der Waals surface area contributed by atoms with Gasteiger partial charge in [0.2, 0.25) is 0 Å². The Morgan fingerprint density at radius 3 is 2.64 bits per heavy atom. The molecule has 0 radical (unpaired) electrons. The van der Waals surface area contributed by atoms with Crippen LogP contribution in [0.15, 0.2) is 48.7 Å². The topological polar surface area (TPSA) is 58.6 Å². The molecule has 0 unspecified atom stereocenters. The SMILES string of the molecule is CCC(=O)c1cc(-c2c(C)n[nH]c2-c2ccccc2)ccn1. The van der Waals surface area contributed by atoms with Gasteiger partial charge in [0.15, 0.2) is 5.78 Å². The fourth-order valence-electron chi connectivity index (χ4n) is 2.52. The fourth-order valence-corrected chi connectivity index (χ4v) is 2.52. The Kier molecular flexibility index (Phi) is 3.83. The highest BCUT2D eigenvalue weighted by Gasteiger charge is 2.15. The summed E-state index contributed by atoms with van der Waals surface area (Å²) in [6.45, 7) is 3.80. The number of nitrogens with zero attached hydrogens (tertiary/aromatic N) is 2. The van der Waals surface area contributed by atoms with Gasteiger partial charge in [0.05, 0.1) is 11.4 Å². The van der Waals surface area contributed by atoms with E-state index in [1.807, 2.05) is 56.3 Å². The Bertz CT molecular complexity index is 806. The van der Waals surface area contributed by atoms with Crippen molar-refractivity contribution in [1.82, 2.24) is 15.2 Å². The Labute approximate surface area is 129 Å². The lowest BCUT2D eigenvalue weighted by molar-refractivity contribution is 0.0983. The van der Waals surface area contributed by atoms with Gasteiger partial charge in [-0.05, 0) is 24.6 Å². The monoisotopic (exact) mass is 291 g/mol. The molecule has 0 amide bonds. The maximum Gasteiger partial charge on any atom is 0.180 e. The highest BCUT2D eigenvalue weighted by atomic mass is 16.1. The average molecular weight is 291 g/mol. The standard InChI is InChI=1S/C18H17N3O/c1-3-16(22)15-11-14(9-10-19-15)17-12(2)20-21-18(17)13-7-5-4-6-8-13/h4-11H,3H2,1-2H3,(H,20,21). The number of aromatic amines is 1. The van der Waals surface area contributed by atoms with Crippen molar-refractivity contribution in [2.45, 2.75) is 20.3 Å². The predicted molar refractivity (Wildman–Crippen MR) is 86.6 cm³/mol. The first kappa shape index (κ1) is 14.2. The number of carbonyl (C=O) groups excluding carboxylic acids is 1. The molecule has 0 aliphatic rings. The molecule has 2 heterocycles. The van der Waals surface area contributed by atoms with Crippen LogP contribution in [-0.4, -0.2) is 21.0 Å². The molecule has 0 spiro atoms. The number of nitrogens with one attached hydrogen (secondary N) is 1. The molecule has 2 aromatic heterocycles. The normalized spacial score (nSPS) is 10.6. The maximum atomic E-state index is 11.9. The van der Waals surface area contributed by atoms with E-state index >= 15 is 0 Å². The zero-order chi connectivity index (χ0) is 15.5. The molecule has 0 saturated carbocycles. The molecule has 0 saturated heterocycles. The lowest BCUT2D eigenvalue weighted by Gasteiger charge is -2.06. The van der Waals surface area contributed by atoms with Crippen molar-refractivity contribution in [3.05, 3.63) is 60.0 Å². The van der Waals surface area contributed by atoms with Crippen LogP contribution >= 0.6 is 0 Å². The molecular formula is C18H17N3O. The van der Waals surface area contributed by atoms with Gasteiger partial charge in [0, 0.05) is 23.7 Å². The van der Waals surface area contributed by atoms with E-state index in [0.29, 0.717) is 12.1 Å². The minimum absolute atomic E-state index is 0.0456. The molecule has 3 aromatic rings. The van der Waals surface area contributed by atoms with Crippen molar-refractivity contribution >= 4 is 5.78 Å². The van der Waals surface area contributed by atoms with E-state index in [0.717, 1.165) is 28.1 Å². The van der Waals surface area contributed by atoms with Crippen LogP contribution < -0.4 is 0 Å². The number of H-pyrrole nitrogens is 1. The molecule has 22 heavy (non-hydrogen) atoms. The van der Waals surface area contributed by atoms with Crippen molar-refractivity contribution in [3.8, 4) is 22.4 Å². The number of benzene rings is 1. The van der Waals surface area contributed by atoms with Gasteiger partial charge >= 0.3 is 0 Å². The number of hydrogen-bond acceptors (Lipinski definition) is 3. The minimum Gasteiger partial charge on any atom is -0.292 e. The largest absolute Gasteiger partial charge is 0.292 e. The highest BCUT2D eigenvalue weighted by molar-refractivity contribution is 5.95. The minimum atomic E-state index is 0.0456. The maximum absolute atomic E-state index is 11.9. The summed E-state index contributed by atoms with van der Waals surface area (Å²) in [5.41, 5.74) is 5.40. The Hall–Kier alpha value is -2.75. The number of aromatic nitrogens is 3. The van der Waals surface area contributed by atoms with Crippen molar-refractivity contribution in [2.24, 2.45) is 0 Å². The molecule has 0 bridgehead atoms. The lowest BCUT2D eigenvalue weighted by atomic mass is 9.99. The number of pyridine rings is 1. The Balaban J connectivity index is 2.13. The second-order valence-electron chi connectivity index (χ2n) is 5.13. The molecule has 4 nitrogen and oxygen atoms in total. The lowest BCUT2D eigenvalue weighted by Crippen LogP contribution is -2.00. The van der Waals surface area contributed by atoms with Crippen LogP contribution in [0, 0.1) is 6.92 Å². The summed E-state index contributed by atoms with van der Waals surface area (Å²) >= 11 is 0. The van der Waals surface area contributed by atoms with Crippen molar-refractivity contribution in [1.29, 1.82) is 0 Å².